The van der Waals surface area contributed by atoms with Gasteiger partial charge in [-0.05, 0) is 24.3 Å². The van der Waals surface area contributed by atoms with Gasteiger partial charge in [0.25, 0.3) is 0 Å². The van der Waals surface area contributed by atoms with Gasteiger partial charge in [0.05, 0.1) is 7.05 Å². The Hall–Kier alpha value is -2.57. The van der Waals surface area contributed by atoms with E-state index in [2.05, 4.69) is 10.2 Å². The van der Waals surface area contributed by atoms with Crippen LogP contribution in [0.3, 0.4) is 0 Å². The largest absolute Gasteiger partial charge is 0.448 e. The van der Waals surface area contributed by atoms with Gasteiger partial charge in [0.2, 0.25) is 5.91 Å². The van der Waals surface area contributed by atoms with Crippen LogP contribution in [0.2, 0.25) is 0 Å². The number of rotatable bonds is 2. The van der Waals surface area contributed by atoms with E-state index in [4.69, 9.17) is 4.74 Å². The van der Waals surface area contributed by atoms with Crippen molar-refractivity contribution >= 4 is 23.7 Å². The van der Waals surface area contributed by atoms with E-state index < -0.39 is 12.1 Å². The second kappa shape index (κ2) is 6.39. The summed E-state index contributed by atoms with van der Waals surface area (Å²) in [6, 6.07) is 6.17. The predicted molar refractivity (Wildman–Crippen MR) is 66.3 cm³/mol. The summed E-state index contributed by atoms with van der Waals surface area (Å²) in [5, 5.41) is 3.26. The number of benzene rings is 1. The van der Waals surface area contributed by atoms with Crippen LogP contribution in [-0.2, 0) is 14.4 Å². The summed E-state index contributed by atoms with van der Waals surface area (Å²) < 4.78 is 4.93. The standard InChI is InChI=1S/C12H14N2O5/c1-8(15)13-10-4-6-11(7-5-10)18-12(17)14(3)19-9(2)16/h4-7H,1-3H3,(H,13,15). The Balaban J connectivity index is 2.60. The molecule has 1 rings (SSSR count). The van der Waals surface area contributed by atoms with Crippen LogP contribution in [0.5, 0.6) is 5.75 Å². The van der Waals surface area contributed by atoms with Crippen LogP contribution in [0.25, 0.3) is 0 Å². The lowest BCUT2D eigenvalue weighted by Gasteiger charge is -2.14. The van der Waals surface area contributed by atoms with Gasteiger partial charge in [0, 0.05) is 19.5 Å². The number of hydroxylamine groups is 2. The van der Waals surface area contributed by atoms with Crippen molar-refractivity contribution in [3.63, 3.8) is 0 Å². The number of hydrogen-bond acceptors (Lipinski definition) is 5. The summed E-state index contributed by atoms with van der Waals surface area (Å²) in [7, 11) is 1.26. The van der Waals surface area contributed by atoms with Crippen LogP contribution in [0.1, 0.15) is 13.8 Å². The molecular formula is C12H14N2O5. The van der Waals surface area contributed by atoms with E-state index in [1.165, 1.54) is 33.0 Å². The van der Waals surface area contributed by atoms with Gasteiger partial charge >= 0.3 is 12.1 Å². The van der Waals surface area contributed by atoms with Gasteiger partial charge in [-0.2, -0.15) is 0 Å². The van der Waals surface area contributed by atoms with Crippen molar-refractivity contribution in [2.75, 3.05) is 12.4 Å². The maximum absolute atomic E-state index is 11.5. The first-order valence-corrected chi connectivity index (χ1v) is 5.40. The van der Waals surface area contributed by atoms with Crippen LogP contribution < -0.4 is 10.1 Å². The molecule has 19 heavy (non-hydrogen) atoms. The molecule has 0 atom stereocenters. The molecule has 0 aliphatic rings. The Bertz CT molecular complexity index is 483. The van der Waals surface area contributed by atoms with Gasteiger partial charge in [0.1, 0.15) is 5.75 Å². The lowest BCUT2D eigenvalue weighted by Crippen LogP contribution is -2.31. The molecule has 0 heterocycles. The number of amides is 2. The maximum atomic E-state index is 11.5. The molecule has 1 N–H and O–H groups in total. The van der Waals surface area contributed by atoms with E-state index >= 15 is 0 Å². The smallest absolute Gasteiger partial charge is 0.408 e. The number of hydrogen-bond donors (Lipinski definition) is 1. The fourth-order valence-electron chi connectivity index (χ4n) is 1.20. The summed E-state index contributed by atoms with van der Waals surface area (Å²) in [5.41, 5.74) is 0.584. The first-order chi connectivity index (χ1) is 8.88. The summed E-state index contributed by atoms with van der Waals surface area (Å²) in [6.45, 7) is 2.56. The normalized spacial score (nSPS) is 9.42. The maximum Gasteiger partial charge on any atom is 0.448 e. The van der Waals surface area contributed by atoms with Crippen LogP contribution in [0, 0.1) is 0 Å². The highest BCUT2D eigenvalue weighted by Crippen LogP contribution is 2.16. The highest BCUT2D eigenvalue weighted by Gasteiger charge is 2.14. The number of nitrogens with one attached hydrogen (secondary N) is 1. The Labute approximate surface area is 110 Å². The quantitative estimate of drug-likeness (QED) is 0.821. The topological polar surface area (TPSA) is 84.9 Å². The fourth-order valence-corrected chi connectivity index (χ4v) is 1.20. The van der Waals surface area contributed by atoms with Crippen molar-refractivity contribution in [3.05, 3.63) is 24.3 Å². The van der Waals surface area contributed by atoms with Gasteiger partial charge in [-0.3, -0.25) is 9.59 Å². The summed E-state index contributed by atoms with van der Waals surface area (Å²) in [6.07, 6.45) is -0.831. The number of nitrogens with zero attached hydrogens (tertiary/aromatic N) is 1. The minimum atomic E-state index is -0.831. The van der Waals surface area contributed by atoms with E-state index in [1.807, 2.05) is 0 Å². The lowest BCUT2D eigenvalue weighted by atomic mass is 10.3. The number of anilines is 1. The minimum absolute atomic E-state index is 0.195. The highest BCUT2D eigenvalue weighted by molar-refractivity contribution is 5.88. The van der Waals surface area contributed by atoms with Crippen LogP contribution in [0.4, 0.5) is 10.5 Å². The fraction of sp³-hybridized carbons (Fsp3) is 0.250. The van der Waals surface area contributed by atoms with E-state index in [-0.39, 0.29) is 11.7 Å². The van der Waals surface area contributed by atoms with E-state index in [9.17, 15) is 14.4 Å². The Morgan fingerprint density at radius 3 is 2.16 bits per heavy atom. The molecule has 0 spiro atoms. The minimum Gasteiger partial charge on any atom is -0.408 e. The van der Waals surface area contributed by atoms with Crippen LogP contribution in [0.15, 0.2) is 24.3 Å². The molecule has 1 aromatic carbocycles. The van der Waals surface area contributed by atoms with E-state index in [0.29, 0.717) is 10.8 Å². The molecule has 0 saturated heterocycles. The molecule has 7 nitrogen and oxygen atoms in total. The number of ether oxygens (including phenoxy) is 1. The molecule has 0 aliphatic heterocycles. The summed E-state index contributed by atoms with van der Waals surface area (Å²) >= 11 is 0. The Morgan fingerprint density at radius 1 is 1.11 bits per heavy atom. The average Bonchev–Trinajstić information content (AvgIpc) is 2.30. The zero-order valence-electron chi connectivity index (χ0n) is 10.8. The second-order valence-corrected chi connectivity index (χ2v) is 3.65. The Morgan fingerprint density at radius 2 is 1.68 bits per heavy atom. The van der Waals surface area contributed by atoms with Crippen molar-refractivity contribution in [2.45, 2.75) is 13.8 Å². The van der Waals surface area contributed by atoms with Gasteiger partial charge in [-0.1, -0.05) is 0 Å². The van der Waals surface area contributed by atoms with Crippen molar-refractivity contribution in [2.24, 2.45) is 0 Å². The van der Waals surface area contributed by atoms with Crippen LogP contribution in [-0.4, -0.2) is 30.1 Å². The van der Waals surface area contributed by atoms with Gasteiger partial charge in [0.15, 0.2) is 0 Å². The number of carbonyl (C=O) groups excluding carboxylic acids is 3. The third-order valence-corrected chi connectivity index (χ3v) is 1.90. The molecule has 0 bridgehead atoms. The molecule has 0 saturated carbocycles. The summed E-state index contributed by atoms with van der Waals surface area (Å²) in [5.74, 6) is -0.558. The van der Waals surface area contributed by atoms with E-state index in [1.54, 1.807) is 12.1 Å². The molecular weight excluding hydrogens is 252 g/mol. The second-order valence-electron chi connectivity index (χ2n) is 3.65. The molecule has 2 amide bonds. The highest BCUT2D eigenvalue weighted by atomic mass is 16.7. The van der Waals surface area contributed by atoms with E-state index in [0.717, 1.165) is 0 Å². The monoisotopic (exact) mass is 266 g/mol. The summed E-state index contributed by atoms with van der Waals surface area (Å²) in [4.78, 5) is 37.5. The molecule has 102 valence electrons. The van der Waals surface area contributed by atoms with Crippen molar-refractivity contribution in [1.29, 1.82) is 0 Å². The average molecular weight is 266 g/mol. The molecule has 1 aromatic rings. The van der Waals surface area contributed by atoms with Crippen molar-refractivity contribution in [1.82, 2.24) is 5.06 Å². The van der Waals surface area contributed by atoms with Gasteiger partial charge in [-0.15, -0.1) is 5.06 Å². The number of carbonyl (C=O) groups is 3. The molecule has 0 fully saturated rings. The van der Waals surface area contributed by atoms with Crippen LogP contribution >= 0.6 is 0 Å². The van der Waals surface area contributed by atoms with Gasteiger partial charge < -0.3 is 14.9 Å². The molecule has 0 unspecified atom stereocenters. The van der Waals surface area contributed by atoms with Gasteiger partial charge in [-0.25, -0.2) is 4.79 Å². The first kappa shape index (κ1) is 14.5. The SMILES string of the molecule is CC(=O)Nc1ccc(OC(=O)N(C)OC(C)=O)cc1. The van der Waals surface area contributed by atoms with Crippen molar-refractivity contribution in [3.8, 4) is 5.75 Å². The molecule has 0 aromatic heterocycles. The van der Waals surface area contributed by atoms with Crippen molar-refractivity contribution < 1.29 is 24.0 Å². The zero-order chi connectivity index (χ0) is 14.4. The lowest BCUT2D eigenvalue weighted by molar-refractivity contribution is -0.171. The third kappa shape index (κ3) is 5.07. The first-order valence-electron chi connectivity index (χ1n) is 5.40. The molecule has 7 heteroatoms. The zero-order valence-corrected chi connectivity index (χ0v) is 10.8. The Kier molecular flexibility index (Phi) is 4.87. The molecule has 0 radical (unpaired) electrons. The third-order valence-electron chi connectivity index (χ3n) is 1.90. The predicted octanol–water partition coefficient (Wildman–Crippen LogP) is 1.55. The molecule has 0 aliphatic carbocycles.